The molecule has 0 fully saturated rings. The van der Waals surface area contributed by atoms with E-state index < -0.39 is 0 Å². The maximum absolute atomic E-state index is 6.31. The summed E-state index contributed by atoms with van der Waals surface area (Å²) in [5, 5.41) is 1.95. The second kappa shape index (κ2) is 5.05. The lowest BCUT2D eigenvalue weighted by Crippen LogP contribution is -2.29. The topological polar surface area (TPSA) is 55.0 Å². The number of nitrogens with two attached hydrogens (primary N) is 1. The molecule has 0 unspecified atom stereocenters. The molecule has 0 amide bonds. The van der Waals surface area contributed by atoms with E-state index in [4.69, 9.17) is 10.7 Å². The number of thiophene rings is 1. The van der Waals surface area contributed by atoms with Crippen molar-refractivity contribution in [3.05, 3.63) is 28.9 Å². The summed E-state index contributed by atoms with van der Waals surface area (Å²) in [4.78, 5) is 12.8. The smallest absolute Gasteiger partial charge is 0.127 e. The number of pyridine rings is 1. The van der Waals surface area contributed by atoms with Crippen molar-refractivity contribution in [1.29, 1.82) is 0 Å². The van der Waals surface area contributed by atoms with Crippen molar-refractivity contribution < 1.29 is 0 Å². The maximum Gasteiger partial charge on any atom is 0.127 e. The van der Waals surface area contributed by atoms with E-state index in [1.807, 2.05) is 18.5 Å². The van der Waals surface area contributed by atoms with Gasteiger partial charge in [-0.1, -0.05) is 6.92 Å². The van der Waals surface area contributed by atoms with Crippen LogP contribution in [0.3, 0.4) is 0 Å². The molecule has 0 aliphatic carbocycles. The monoisotopic (exact) mass is 316 g/mol. The lowest BCUT2D eigenvalue weighted by atomic mass is 10.0. The molecule has 4 rings (SSSR count). The Balaban J connectivity index is 1.83. The summed E-state index contributed by atoms with van der Waals surface area (Å²) < 4.78 is 1.17. The van der Waals surface area contributed by atoms with Crippen LogP contribution in [-0.4, -0.2) is 28.0 Å². The fourth-order valence-corrected chi connectivity index (χ4v) is 5.11. The molecule has 0 atom stereocenters. The lowest BCUT2D eigenvalue weighted by molar-refractivity contribution is 0.272. The summed E-state index contributed by atoms with van der Waals surface area (Å²) in [5.41, 5.74) is 9.86. The van der Waals surface area contributed by atoms with Crippen LogP contribution in [0.5, 0.6) is 0 Å². The average Bonchev–Trinajstić information content (AvgIpc) is 3.05. The summed E-state index contributed by atoms with van der Waals surface area (Å²) >= 11 is 3.44. The van der Waals surface area contributed by atoms with Gasteiger partial charge in [0.1, 0.15) is 10.5 Å². The van der Waals surface area contributed by atoms with Crippen LogP contribution in [0.15, 0.2) is 18.5 Å². The second-order valence-electron chi connectivity index (χ2n) is 5.22. The van der Waals surface area contributed by atoms with Gasteiger partial charge < -0.3 is 5.73 Å². The van der Waals surface area contributed by atoms with Gasteiger partial charge in [0, 0.05) is 29.7 Å². The zero-order valence-electron chi connectivity index (χ0n) is 11.8. The fraction of sp³-hybridized carbons (Fsp3) is 0.333. The first kappa shape index (κ1) is 13.2. The fourth-order valence-electron chi connectivity index (χ4n) is 2.87. The number of thiazole rings is 1. The number of anilines is 1. The molecule has 6 heteroatoms. The Labute approximate surface area is 131 Å². The van der Waals surface area contributed by atoms with E-state index in [9.17, 15) is 0 Å². The third kappa shape index (κ3) is 2.14. The quantitative estimate of drug-likeness (QED) is 0.787. The van der Waals surface area contributed by atoms with Gasteiger partial charge in [-0.05, 0) is 24.6 Å². The molecule has 3 aromatic rings. The molecule has 0 aromatic carbocycles. The molecule has 0 radical (unpaired) electrons. The number of hydrogen-bond donors (Lipinski definition) is 1. The summed E-state index contributed by atoms with van der Waals surface area (Å²) in [5.74, 6) is 0. The van der Waals surface area contributed by atoms with Crippen LogP contribution in [0.1, 0.15) is 17.4 Å². The molecule has 4 nitrogen and oxygen atoms in total. The van der Waals surface area contributed by atoms with Crippen molar-refractivity contribution in [2.24, 2.45) is 0 Å². The summed E-state index contributed by atoms with van der Waals surface area (Å²) in [7, 11) is 0. The normalized spacial score (nSPS) is 15.5. The third-order valence-corrected chi connectivity index (χ3v) is 6.11. The van der Waals surface area contributed by atoms with Crippen molar-refractivity contribution in [3.8, 4) is 10.6 Å². The Morgan fingerprint density at radius 2 is 2.29 bits per heavy atom. The van der Waals surface area contributed by atoms with Crippen LogP contribution < -0.4 is 5.73 Å². The number of rotatable bonds is 2. The van der Waals surface area contributed by atoms with Gasteiger partial charge in [0.15, 0.2) is 0 Å². The number of nitrogens with zero attached hydrogens (tertiary/aromatic N) is 3. The van der Waals surface area contributed by atoms with E-state index in [1.54, 1.807) is 22.7 Å². The molecule has 1 aliphatic heterocycles. The standard InChI is InChI=1S/C15H16N4S2/c1-2-19-6-4-9-12(8-19)20-14(16)13(9)15-18-10-7-17-5-3-11(10)21-15/h3,5,7H,2,4,6,8,16H2,1H3. The van der Waals surface area contributed by atoms with Gasteiger partial charge in [-0.2, -0.15) is 0 Å². The van der Waals surface area contributed by atoms with E-state index in [1.165, 1.54) is 20.7 Å². The van der Waals surface area contributed by atoms with Gasteiger partial charge in [0.25, 0.3) is 0 Å². The van der Waals surface area contributed by atoms with Gasteiger partial charge in [-0.25, -0.2) is 4.98 Å². The number of nitrogen functional groups attached to an aromatic ring is 1. The summed E-state index contributed by atoms with van der Waals surface area (Å²) in [6.07, 6.45) is 4.71. The Bertz CT molecular complexity index is 772. The molecule has 0 saturated carbocycles. The lowest BCUT2D eigenvalue weighted by Gasteiger charge is -2.25. The predicted molar refractivity (Wildman–Crippen MR) is 89.8 cm³/mol. The first-order valence-electron chi connectivity index (χ1n) is 7.09. The average molecular weight is 316 g/mol. The van der Waals surface area contributed by atoms with E-state index in [2.05, 4.69) is 16.8 Å². The molecule has 0 spiro atoms. The molecular weight excluding hydrogens is 300 g/mol. The highest BCUT2D eigenvalue weighted by atomic mass is 32.1. The number of aromatic nitrogens is 2. The molecule has 1 aliphatic rings. The Hall–Kier alpha value is -1.50. The van der Waals surface area contributed by atoms with Crippen molar-refractivity contribution in [2.45, 2.75) is 19.9 Å². The van der Waals surface area contributed by atoms with Gasteiger partial charge in [-0.15, -0.1) is 22.7 Å². The van der Waals surface area contributed by atoms with Crippen molar-refractivity contribution >= 4 is 37.9 Å². The van der Waals surface area contributed by atoms with Gasteiger partial charge in [-0.3, -0.25) is 9.88 Å². The molecule has 4 heterocycles. The van der Waals surface area contributed by atoms with E-state index in [0.717, 1.165) is 41.6 Å². The summed E-state index contributed by atoms with van der Waals surface area (Å²) in [6, 6.07) is 2.02. The first-order chi connectivity index (χ1) is 10.3. The first-order valence-corrected chi connectivity index (χ1v) is 8.73. The number of likely N-dealkylation sites (N-methyl/N-ethyl adjacent to an activating group) is 1. The number of hydrogen-bond acceptors (Lipinski definition) is 6. The Morgan fingerprint density at radius 3 is 3.10 bits per heavy atom. The predicted octanol–water partition coefficient (Wildman–Crippen LogP) is 3.38. The second-order valence-corrected chi connectivity index (χ2v) is 7.39. The molecule has 3 aromatic heterocycles. The molecule has 2 N–H and O–H groups in total. The van der Waals surface area contributed by atoms with Crippen molar-refractivity contribution in [1.82, 2.24) is 14.9 Å². The zero-order valence-corrected chi connectivity index (χ0v) is 13.4. The van der Waals surface area contributed by atoms with Gasteiger partial charge in [0.2, 0.25) is 0 Å². The number of fused-ring (bicyclic) bond motifs is 2. The molecule has 0 saturated heterocycles. The third-order valence-electron chi connectivity index (χ3n) is 4.01. The summed E-state index contributed by atoms with van der Waals surface area (Å²) in [6.45, 7) is 5.44. The van der Waals surface area contributed by atoms with Crippen LogP contribution in [0.2, 0.25) is 0 Å². The minimum absolute atomic E-state index is 0.907. The zero-order chi connectivity index (χ0) is 14.4. The molecular formula is C15H16N4S2. The SMILES string of the molecule is CCN1CCc2c(sc(N)c2-c2nc3cnccc3s2)C1. The molecule has 0 bridgehead atoms. The molecule has 21 heavy (non-hydrogen) atoms. The van der Waals surface area contributed by atoms with Crippen molar-refractivity contribution in [3.63, 3.8) is 0 Å². The minimum atomic E-state index is 0.907. The van der Waals surface area contributed by atoms with Gasteiger partial charge >= 0.3 is 0 Å². The minimum Gasteiger partial charge on any atom is -0.390 e. The largest absolute Gasteiger partial charge is 0.390 e. The Kier molecular flexibility index (Phi) is 3.17. The molecule has 108 valence electrons. The highest BCUT2D eigenvalue weighted by molar-refractivity contribution is 7.22. The highest BCUT2D eigenvalue weighted by Crippen LogP contribution is 2.43. The Morgan fingerprint density at radius 1 is 1.38 bits per heavy atom. The van der Waals surface area contributed by atoms with E-state index in [0.29, 0.717) is 0 Å². The van der Waals surface area contributed by atoms with Crippen LogP contribution in [0.25, 0.3) is 20.8 Å². The van der Waals surface area contributed by atoms with Crippen LogP contribution in [-0.2, 0) is 13.0 Å². The maximum atomic E-state index is 6.31. The van der Waals surface area contributed by atoms with E-state index in [-0.39, 0.29) is 0 Å². The van der Waals surface area contributed by atoms with Gasteiger partial charge in [0.05, 0.1) is 15.9 Å². The van der Waals surface area contributed by atoms with Crippen molar-refractivity contribution in [2.75, 3.05) is 18.8 Å². The van der Waals surface area contributed by atoms with Crippen LogP contribution >= 0.6 is 22.7 Å². The van der Waals surface area contributed by atoms with Crippen LogP contribution in [0, 0.1) is 0 Å². The van der Waals surface area contributed by atoms with Crippen LogP contribution in [0.4, 0.5) is 5.00 Å². The van der Waals surface area contributed by atoms with E-state index >= 15 is 0 Å². The highest BCUT2D eigenvalue weighted by Gasteiger charge is 2.25.